The lowest BCUT2D eigenvalue weighted by molar-refractivity contribution is 0.628. The van der Waals surface area contributed by atoms with E-state index >= 15 is 0 Å². The van der Waals surface area contributed by atoms with Crippen LogP contribution in [-0.2, 0) is 13.5 Å². The summed E-state index contributed by atoms with van der Waals surface area (Å²) in [7, 11) is 3.71. The van der Waals surface area contributed by atoms with Crippen molar-refractivity contribution >= 4 is 0 Å². The fourth-order valence-corrected chi connectivity index (χ4v) is 0.939. The average Bonchev–Trinajstić information content (AvgIpc) is 2.51. The van der Waals surface area contributed by atoms with Crippen LogP contribution in [0.1, 0.15) is 12.2 Å². The van der Waals surface area contributed by atoms with Gasteiger partial charge in [-0.3, -0.25) is 0 Å². The van der Waals surface area contributed by atoms with Crippen LogP contribution in [0.4, 0.5) is 0 Å². The lowest BCUT2D eigenvalue weighted by Gasteiger charge is -1.90. The van der Waals surface area contributed by atoms with Crippen LogP contribution < -0.4 is 5.32 Å². The van der Waals surface area contributed by atoms with Gasteiger partial charge in [-0.2, -0.15) is 4.80 Å². The second-order valence-electron chi connectivity index (χ2n) is 2.76. The molecule has 0 aliphatic heterocycles. The van der Waals surface area contributed by atoms with E-state index in [1.165, 1.54) is 4.80 Å². The maximum Gasteiger partial charge on any atom is 0.178 e. The van der Waals surface area contributed by atoms with Crippen LogP contribution in [0.3, 0.4) is 0 Å². The Kier molecular flexibility index (Phi) is 4.11. The fourth-order valence-electron chi connectivity index (χ4n) is 0.939. The van der Waals surface area contributed by atoms with Gasteiger partial charge in [0.1, 0.15) is 0 Å². The van der Waals surface area contributed by atoms with Gasteiger partial charge in [-0.1, -0.05) is 12.2 Å². The summed E-state index contributed by atoms with van der Waals surface area (Å²) < 4.78 is 0. The second kappa shape index (κ2) is 5.42. The Morgan fingerprint density at radius 2 is 2.31 bits per heavy atom. The molecule has 0 fully saturated rings. The van der Waals surface area contributed by atoms with Crippen molar-refractivity contribution in [2.75, 3.05) is 13.6 Å². The number of rotatable bonds is 5. The molecule has 13 heavy (non-hydrogen) atoms. The molecule has 1 aromatic rings. The first-order valence-electron chi connectivity index (χ1n) is 4.35. The topological polar surface area (TPSA) is 55.6 Å². The van der Waals surface area contributed by atoms with Crippen molar-refractivity contribution in [3.05, 3.63) is 18.0 Å². The van der Waals surface area contributed by atoms with Crippen molar-refractivity contribution in [2.45, 2.75) is 12.8 Å². The molecule has 1 aromatic heterocycles. The molecule has 5 heteroatoms. The largest absolute Gasteiger partial charge is 0.319 e. The number of tetrazole rings is 1. The molecule has 0 saturated carbocycles. The molecule has 0 saturated heterocycles. The number of nitrogens with zero attached hydrogens (tertiary/aromatic N) is 4. The van der Waals surface area contributed by atoms with Crippen molar-refractivity contribution in [1.29, 1.82) is 0 Å². The monoisotopic (exact) mass is 181 g/mol. The van der Waals surface area contributed by atoms with E-state index in [0.717, 1.165) is 25.2 Å². The first-order valence-corrected chi connectivity index (χ1v) is 4.35. The van der Waals surface area contributed by atoms with E-state index in [2.05, 4.69) is 32.9 Å². The second-order valence-corrected chi connectivity index (χ2v) is 2.76. The third-order valence-electron chi connectivity index (χ3n) is 1.58. The molecule has 0 aromatic carbocycles. The molecule has 5 nitrogen and oxygen atoms in total. The van der Waals surface area contributed by atoms with Gasteiger partial charge >= 0.3 is 0 Å². The molecule has 72 valence electrons. The molecule has 0 atom stereocenters. The van der Waals surface area contributed by atoms with Gasteiger partial charge in [0, 0.05) is 6.42 Å². The van der Waals surface area contributed by atoms with Crippen molar-refractivity contribution in [2.24, 2.45) is 7.05 Å². The van der Waals surface area contributed by atoms with Crippen molar-refractivity contribution in [3.63, 3.8) is 0 Å². The minimum atomic E-state index is 0.761. The predicted molar refractivity (Wildman–Crippen MR) is 50.2 cm³/mol. The Morgan fingerprint density at radius 1 is 1.46 bits per heavy atom. The number of hydrogen-bond acceptors (Lipinski definition) is 4. The SMILES string of the molecule is CNCC/C=C/Cc1nnn(C)n1. The Balaban J connectivity index is 2.22. The number of aromatic nitrogens is 4. The standard InChI is InChI=1S/C8H15N5/c1-9-7-5-3-4-6-8-10-12-13(2)11-8/h3-4,9H,5-7H2,1-2H3/b4-3+. The van der Waals surface area contributed by atoms with E-state index in [1.807, 2.05) is 7.05 Å². The van der Waals surface area contributed by atoms with E-state index in [-0.39, 0.29) is 0 Å². The minimum absolute atomic E-state index is 0.761. The molecule has 1 rings (SSSR count). The first kappa shape index (κ1) is 9.85. The molecule has 0 unspecified atom stereocenters. The summed E-state index contributed by atoms with van der Waals surface area (Å²) in [6.45, 7) is 1.00. The number of nitrogens with one attached hydrogen (secondary N) is 1. The van der Waals surface area contributed by atoms with Gasteiger partial charge in [0.05, 0.1) is 7.05 Å². The molecule has 1 heterocycles. The third-order valence-corrected chi connectivity index (χ3v) is 1.58. The summed E-state index contributed by atoms with van der Waals surface area (Å²) in [5, 5.41) is 14.7. The van der Waals surface area contributed by atoms with Crippen molar-refractivity contribution in [1.82, 2.24) is 25.5 Å². The van der Waals surface area contributed by atoms with Crippen molar-refractivity contribution < 1.29 is 0 Å². The quantitative estimate of drug-likeness (QED) is 0.510. The molecule has 0 amide bonds. The van der Waals surface area contributed by atoms with Crippen LogP contribution in [0.25, 0.3) is 0 Å². The van der Waals surface area contributed by atoms with Crippen molar-refractivity contribution in [3.8, 4) is 0 Å². The maximum atomic E-state index is 4.06. The summed E-state index contributed by atoms with van der Waals surface area (Å²) in [5.74, 6) is 0.767. The summed E-state index contributed by atoms with van der Waals surface area (Å²) in [6.07, 6.45) is 5.98. The molecule has 1 N–H and O–H groups in total. The van der Waals surface area contributed by atoms with E-state index < -0.39 is 0 Å². The highest BCUT2D eigenvalue weighted by molar-refractivity contribution is 4.92. The zero-order chi connectivity index (χ0) is 9.52. The zero-order valence-corrected chi connectivity index (χ0v) is 8.06. The summed E-state index contributed by atoms with van der Waals surface area (Å²) in [6, 6.07) is 0. The van der Waals surface area contributed by atoms with Crippen LogP contribution >= 0.6 is 0 Å². The molecular weight excluding hydrogens is 166 g/mol. The van der Waals surface area contributed by atoms with Gasteiger partial charge in [-0.25, -0.2) is 0 Å². The van der Waals surface area contributed by atoms with Gasteiger partial charge in [-0.05, 0) is 25.2 Å². The van der Waals surface area contributed by atoms with Crippen LogP contribution in [0.5, 0.6) is 0 Å². The lowest BCUT2D eigenvalue weighted by atomic mass is 10.3. The normalized spacial score (nSPS) is 11.2. The third kappa shape index (κ3) is 3.80. The Labute approximate surface area is 77.8 Å². The molecule has 0 spiro atoms. The highest BCUT2D eigenvalue weighted by Gasteiger charge is 1.94. The number of hydrogen-bond donors (Lipinski definition) is 1. The predicted octanol–water partition coefficient (Wildman–Crippen LogP) is -0.0817. The maximum absolute atomic E-state index is 4.06. The first-order chi connectivity index (χ1) is 6.33. The summed E-state index contributed by atoms with van der Waals surface area (Å²) >= 11 is 0. The Hall–Kier alpha value is -1.23. The zero-order valence-electron chi connectivity index (χ0n) is 8.06. The van der Waals surface area contributed by atoms with Gasteiger partial charge in [0.2, 0.25) is 0 Å². The fraction of sp³-hybridized carbons (Fsp3) is 0.625. The minimum Gasteiger partial charge on any atom is -0.319 e. The molecule has 0 aliphatic rings. The molecular formula is C8H15N5. The van der Waals surface area contributed by atoms with Crippen LogP contribution in [-0.4, -0.2) is 33.8 Å². The molecule has 0 aliphatic carbocycles. The number of aryl methyl sites for hydroxylation is 1. The van der Waals surface area contributed by atoms with Gasteiger partial charge in [0.15, 0.2) is 5.82 Å². The Bertz CT molecular complexity index is 265. The Morgan fingerprint density at radius 3 is 2.92 bits per heavy atom. The average molecular weight is 181 g/mol. The van der Waals surface area contributed by atoms with E-state index in [9.17, 15) is 0 Å². The molecule has 0 radical (unpaired) electrons. The van der Waals surface area contributed by atoms with Gasteiger partial charge < -0.3 is 5.32 Å². The van der Waals surface area contributed by atoms with E-state index in [0.29, 0.717) is 0 Å². The summed E-state index contributed by atoms with van der Waals surface area (Å²) in [5.41, 5.74) is 0. The number of allylic oxidation sites excluding steroid dienone is 1. The van der Waals surface area contributed by atoms with Gasteiger partial charge in [-0.15, -0.1) is 10.2 Å². The highest BCUT2D eigenvalue weighted by Crippen LogP contribution is 1.90. The lowest BCUT2D eigenvalue weighted by Crippen LogP contribution is -2.05. The van der Waals surface area contributed by atoms with Crippen LogP contribution in [0, 0.1) is 0 Å². The smallest absolute Gasteiger partial charge is 0.178 e. The highest BCUT2D eigenvalue weighted by atomic mass is 15.6. The molecule has 0 bridgehead atoms. The van der Waals surface area contributed by atoms with E-state index in [4.69, 9.17) is 0 Å². The van der Waals surface area contributed by atoms with E-state index in [1.54, 1.807) is 7.05 Å². The van der Waals surface area contributed by atoms with Crippen LogP contribution in [0.2, 0.25) is 0 Å². The van der Waals surface area contributed by atoms with Crippen LogP contribution in [0.15, 0.2) is 12.2 Å². The van der Waals surface area contributed by atoms with Gasteiger partial charge in [0.25, 0.3) is 0 Å². The summed E-state index contributed by atoms with van der Waals surface area (Å²) in [4.78, 5) is 1.47.